The van der Waals surface area contributed by atoms with E-state index in [1.165, 1.54) is 4.90 Å². The monoisotopic (exact) mass is 251 g/mol. The molecule has 4 nitrogen and oxygen atoms in total. The molecule has 0 fully saturated rings. The van der Waals surface area contributed by atoms with Crippen LogP contribution in [0.4, 0.5) is 0 Å². The van der Waals surface area contributed by atoms with Gasteiger partial charge in [0.25, 0.3) is 0 Å². The molecule has 1 aromatic rings. The third kappa shape index (κ3) is 4.37. The van der Waals surface area contributed by atoms with Gasteiger partial charge in [-0.2, -0.15) is 0 Å². The Morgan fingerprint density at radius 1 is 1.33 bits per heavy atom. The smallest absolute Gasteiger partial charge is 0.222 e. The van der Waals surface area contributed by atoms with E-state index in [0.29, 0.717) is 19.4 Å². The summed E-state index contributed by atoms with van der Waals surface area (Å²) >= 11 is 0. The van der Waals surface area contributed by atoms with E-state index in [9.17, 15) is 9.90 Å². The van der Waals surface area contributed by atoms with Crippen LogP contribution in [0.25, 0.3) is 0 Å². The Labute approximate surface area is 108 Å². The molecule has 0 aliphatic rings. The van der Waals surface area contributed by atoms with Crippen LogP contribution in [-0.4, -0.2) is 36.6 Å². The van der Waals surface area contributed by atoms with Gasteiger partial charge in [0.2, 0.25) is 5.91 Å². The molecule has 1 unspecified atom stereocenters. The number of amides is 1. The van der Waals surface area contributed by atoms with E-state index in [1.807, 2.05) is 31.2 Å². The van der Waals surface area contributed by atoms with Crippen LogP contribution in [0.2, 0.25) is 0 Å². The van der Waals surface area contributed by atoms with Gasteiger partial charge >= 0.3 is 0 Å². The molecule has 0 saturated heterocycles. The summed E-state index contributed by atoms with van der Waals surface area (Å²) in [5.74, 6) is 0.817. The van der Waals surface area contributed by atoms with Crippen LogP contribution in [0.1, 0.15) is 31.4 Å². The molecule has 0 saturated carbocycles. The molecule has 0 spiro atoms. The molecule has 1 aromatic carbocycles. The fourth-order valence-corrected chi connectivity index (χ4v) is 1.60. The Kier molecular flexibility index (Phi) is 5.65. The number of nitrogens with zero attached hydrogens (tertiary/aromatic N) is 1. The number of hydrogen-bond donors (Lipinski definition) is 1. The van der Waals surface area contributed by atoms with Crippen LogP contribution in [0.3, 0.4) is 0 Å². The molecule has 0 aliphatic carbocycles. The summed E-state index contributed by atoms with van der Waals surface area (Å²) in [5.41, 5.74) is 0.810. The van der Waals surface area contributed by atoms with E-state index in [-0.39, 0.29) is 5.91 Å². The number of benzene rings is 1. The first-order valence-corrected chi connectivity index (χ1v) is 6.15. The van der Waals surface area contributed by atoms with Gasteiger partial charge in [-0.05, 0) is 31.0 Å². The molecular formula is C14H21NO3. The number of carbonyl (C=O) groups is 1. The minimum Gasteiger partial charge on any atom is -0.494 e. The maximum atomic E-state index is 11.4. The Morgan fingerprint density at radius 3 is 2.44 bits per heavy atom. The molecule has 0 aliphatic heterocycles. The average Bonchev–Trinajstić information content (AvgIpc) is 2.36. The molecule has 1 amide bonds. The van der Waals surface area contributed by atoms with Gasteiger partial charge in [-0.15, -0.1) is 0 Å². The van der Waals surface area contributed by atoms with E-state index in [4.69, 9.17) is 4.74 Å². The third-order valence-electron chi connectivity index (χ3n) is 2.71. The van der Waals surface area contributed by atoms with Crippen molar-refractivity contribution in [1.82, 2.24) is 4.90 Å². The Morgan fingerprint density at radius 2 is 1.94 bits per heavy atom. The molecule has 1 rings (SSSR count). The maximum absolute atomic E-state index is 11.4. The second-order valence-electron chi connectivity index (χ2n) is 4.34. The van der Waals surface area contributed by atoms with E-state index in [0.717, 1.165) is 11.3 Å². The lowest BCUT2D eigenvalue weighted by Crippen LogP contribution is -2.21. The highest BCUT2D eigenvalue weighted by Crippen LogP contribution is 2.21. The van der Waals surface area contributed by atoms with Crippen molar-refractivity contribution in [3.63, 3.8) is 0 Å². The molecule has 1 atom stereocenters. The lowest BCUT2D eigenvalue weighted by atomic mass is 10.0. The van der Waals surface area contributed by atoms with Crippen molar-refractivity contribution in [1.29, 1.82) is 0 Å². The molecule has 1 N–H and O–H groups in total. The largest absolute Gasteiger partial charge is 0.494 e. The van der Waals surface area contributed by atoms with Crippen LogP contribution in [0.15, 0.2) is 24.3 Å². The molecular weight excluding hydrogens is 230 g/mol. The van der Waals surface area contributed by atoms with E-state index >= 15 is 0 Å². The summed E-state index contributed by atoms with van der Waals surface area (Å²) in [5, 5.41) is 9.96. The average molecular weight is 251 g/mol. The lowest BCUT2D eigenvalue weighted by Gasteiger charge is -2.14. The SMILES string of the molecule is CCOc1ccc(C(O)CCC(=O)N(C)C)cc1. The Hall–Kier alpha value is -1.55. The standard InChI is InChI=1S/C14H21NO3/c1-4-18-12-7-5-11(6-8-12)13(16)9-10-14(17)15(2)3/h5-8,13,16H,4,9-10H2,1-3H3. The first-order valence-electron chi connectivity index (χ1n) is 6.15. The molecule has 18 heavy (non-hydrogen) atoms. The third-order valence-corrected chi connectivity index (χ3v) is 2.71. The van der Waals surface area contributed by atoms with Gasteiger partial charge in [-0.3, -0.25) is 4.79 Å². The number of hydrogen-bond acceptors (Lipinski definition) is 3. The highest BCUT2D eigenvalue weighted by molar-refractivity contribution is 5.75. The normalized spacial score (nSPS) is 12.0. The summed E-state index contributed by atoms with van der Waals surface area (Å²) in [6.07, 6.45) is 0.177. The number of aliphatic hydroxyl groups is 1. The minimum absolute atomic E-state index is 0.0278. The summed E-state index contributed by atoms with van der Waals surface area (Å²) in [6, 6.07) is 7.32. The van der Waals surface area contributed by atoms with Crippen LogP contribution in [0, 0.1) is 0 Å². The first-order chi connectivity index (χ1) is 8.54. The van der Waals surface area contributed by atoms with Gasteiger partial charge in [-0.25, -0.2) is 0 Å². The number of ether oxygens (including phenoxy) is 1. The van der Waals surface area contributed by atoms with Crippen molar-refractivity contribution in [2.45, 2.75) is 25.9 Å². The van der Waals surface area contributed by atoms with Crippen molar-refractivity contribution in [3.8, 4) is 5.75 Å². The number of rotatable bonds is 6. The molecule has 0 radical (unpaired) electrons. The highest BCUT2D eigenvalue weighted by atomic mass is 16.5. The van der Waals surface area contributed by atoms with Gasteiger partial charge in [-0.1, -0.05) is 12.1 Å². The van der Waals surface area contributed by atoms with Gasteiger partial charge in [0, 0.05) is 20.5 Å². The highest BCUT2D eigenvalue weighted by Gasteiger charge is 2.11. The van der Waals surface area contributed by atoms with Gasteiger partial charge in [0.15, 0.2) is 0 Å². The summed E-state index contributed by atoms with van der Waals surface area (Å²) in [6.45, 7) is 2.55. The van der Waals surface area contributed by atoms with Gasteiger partial charge < -0.3 is 14.7 Å². The zero-order valence-corrected chi connectivity index (χ0v) is 11.2. The summed E-state index contributed by atoms with van der Waals surface area (Å²) in [4.78, 5) is 12.9. The zero-order chi connectivity index (χ0) is 13.5. The fourth-order valence-electron chi connectivity index (χ4n) is 1.60. The maximum Gasteiger partial charge on any atom is 0.222 e. The Bertz CT molecular complexity index is 373. The Balaban J connectivity index is 2.51. The van der Waals surface area contributed by atoms with Crippen LogP contribution < -0.4 is 4.74 Å². The molecule has 0 heterocycles. The summed E-state index contributed by atoms with van der Waals surface area (Å²) < 4.78 is 5.33. The van der Waals surface area contributed by atoms with Crippen LogP contribution >= 0.6 is 0 Å². The van der Waals surface area contributed by atoms with Gasteiger partial charge in [0.05, 0.1) is 12.7 Å². The number of aliphatic hydroxyl groups excluding tert-OH is 1. The molecule has 0 aromatic heterocycles. The predicted octanol–water partition coefficient (Wildman–Crippen LogP) is 1.99. The van der Waals surface area contributed by atoms with E-state index in [2.05, 4.69) is 0 Å². The fraction of sp³-hybridized carbons (Fsp3) is 0.500. The van der Waals surface area contributed by atoms with E-state index in [1.54, 1.807) is 14.1 Å². The second-order valence-corrected chi connectivity index (χ2v) is 4.34. The molecule has 4 heteroatoms. The van der Waals surface area contributed by atoms with Crippen molar-refractivity contribution < 1.29 is 14.6 Å². The quantitative estimate of drug-likeness (QED) is 0.841. The predicted molar refractivity (Wildman–Crippen MR) is 70.5 cm³/mol. The second kappa shape index (κ2) is 7.01. The topological polar surface area (TPSA) is 49.8 Å². The van der Waals surface area contributed by atoms with Crippen molar-refractivity contribution in [2.24, 2.45) is 0 Å². The molecule has 0 bridgehead atoms. The first kappa shape index (κ1) is 14.5. The van der Waals surface area contributed by atoms with Crippen LogP contribution in [0.5, 0.6) is 5.75 Å². The van der Waals surface area contributed by atoms with Crippen molar-refractivity contribution in [3.05, 3.63) is 29.8 Å². The van der Waals surface area contributed by atoms with Gasteiger partial charge in [0.1, 0.15) is 5.75 Å². The zero-order valence-electron chi connectivity index (χ0n) is 11.2. The summed E-state index contributed by atoms with van der Waals surface area (Å²) in [7, 11) is 3.43. The lowest BCUT2D eigenvalue weighted by molar-refractivity contribution is -0.129. The molecule has 100 valence electrons. The van der Waals surface area contributed by atoms with Crippen molar-refractivity contribution >= 4 is 5.91 Å². The van der Waals surface area contributed by atoms with Crippen LogP contribution in [-0.2, 0) is 4.79 Å². The van der Waals surface area contributed by atoms with Crippen molar-refractivity contribution in [2.75, 3.05) is 20.7 Å². The number of carbonyl (C=O) groups excluding carboxylic acids is 1. The van der Waals surface area contributed by atoms with E-state index < -0.39 is 6.10 Å². The minimum atomic E-state index is -0.607.